The SMILES string of the molecule is CCOc1ccccc1NC(=O)CC(=O)Nc1ccccc1C(C)(C)C. The average Bonchev–Trinajstić information content (AvgIpc) is 2.56. The maximum absolute atomic E-state index is 12.3. The van der Waals surface area contributed by atoms with Gasteiger partial charge in [0.15, 0.2) is 0 Å². The number of ether oxygens (including phenoxy) is 1. The predicted molar refractivity (Wildman–Crippen MR) is 105 cm³/mol. The van der Waals surface area contributed by atoms with Crippen LogP contribution in [0.15, 0.2) is 48.5 Å². The van der Waals surface area contributed by atoms with Gasteiger partial charge in [-0.1, -0.05) is 51.1 Å². The van der Waals surface area contributed by atoms with Gasteiger partial charge in [-0.15, -0.1) is 0 Å². The highest BCUT2D eigenvalue weighted by Gasteiger charge is 2.19. The number of carbonyl (C=O) groups is 2. The zero-order chi connectivity index (χ0) is 19.2. The summed E-state index contributed by atoms with van der Waals surface area (Å²) in [6.07, 6.45) is -0.265. The molecule has 2 aromatic carbocycles. The number of rotatable bonds is 6. The number of hydrogen-bond acceptors (Lipinski definition) is 3. The molecule has 0 aromatic heterocycles. The van der Waals surface area contributed by atoms with E-state index in [9.17, 15) is 9.59 Å². The predicted octanol–water partition coefficient (Wildman–Crippen LogP) is 4.35. The van der Waals surface area contributed by atoms with Crippen LogP contribution in [-0.4, -0.2) is 18.4 Å². The Labute approximate surface area is 154 Å². The fourth-order valence-corrected chi connectivity index (χ4v) is 2.63. The summed E-state index contributed by atoms with van der Waals surface area (Å²) in [5.41, 5.74) is 2.20. The van der Waals surface area contributed by atoms with Crippen molar-refractivity contribution in [1.82, 2.24) is 0 Å². The van der Waals surface area contributed by atoms with Crippen LogP contribution in [-0.2, 0) is 15.0 Å². The Balaban J connectivity index is 2.02. The lowest BCUT2D eigenvalue weighted by atomic mass is 9.86. The largest absolute Gasteiger partial charge is 0.492 e. The number of anilines is 2. The van der Waals surface area contributed by atoms with Gasteiger partial charge in [0.1, 0.15) is 12.2 Å². The molecule has 0 atom stereocenters. The number of amides is 2. The summed E-state index contributed by atoms with van der Waals surface area (Å²) in [4.78, 5) is 24.5. The molecular weight excluding hydrogens is 328 g/mol. The summed E-state index contributed by atoms with van der Waals surface area (Å²) in [7, 11) is 0. The molecule has 5 nitrogen and oxygen atoms in total. The molecule has 2 N–H and O–H groups in total. The number of nitrogens with one attached hydrogen (secondary N) is 2. The number of hydrogen-bond donors (Lipinski definition) is 2. The summed E-state index contributed by atoms with van der Waals surface area (Å²) in [6, 6.07) is 14.8. The van der Waals surface area contributed by atoms with Crippen LogP contribution in [0.5, 0.6) is 5.75 Å². The minimum Gasteiger partial charge on any atom is -0.492 e. The first-order valence-corrected chi connectivity index (χ1v) is 8.72. The van der Waals surface area contributed by atoms with Gasteiger partial charge in [0.25, 0.3) is 0 Å². The van der Waals surface area contributed by atoms with Crippen molar-refractivity contribution in [3.8, 4) is 5.75 Å². The smallest absolute Gasteiger partial charge is 0.233 e. The van der Waals surface area contributed by atoms with Gasteiger partial charge in [0.05, 0.1) is 12.3 Å². The van der Waals surface area contributed by atoms with Crippen molar-refractivity contribution >= 4 is 23.2 Å². The number of para-hydroxylation sites is 3. The molecule has 0 aliphatic carbocycles. The van der Waals surface area contributed by atoms with Crippen LogP contribution < -0.4 is 15.4 Å². The Morgan fingerprint density at radius 2 is 1.42 bits per heavy atom. The van der Waals surface area contributed by atoms with Gasteiger partial charge in [-0.2, -0.15) is 0 Å². The van der Waals surface area contributed by atoms with Crippen molar-refractivity contribution in [3.63, 3.8) is 0 Å². The third-order valence-corrected chi connectivity index (χ3v) is 3.79. The third kappa shape index (κ3) is 5.34. The molecular formula is C21H26N2O3. The lowest BCUT2D eigenvalue weighted by Crippen LogP contribution is -2.23. The molecule has 0 spiro atoms. The Morgan fingerprint density at radius 3 is 2.04 bits per heavy atom. The molecule has 0 aliphatic rings. The molecule has 5 heteroatoms. The van der Waals surface area contributed by atoms with Crippen LogP contribution in [0, 0.1) is 0 Å². The van der Waals surface area contributed by atoms with E-state index in [0.717, 1.165) is 11.3 Å². The van der Waals surface area contributed by atoms with Gasteiger partial charge in [-0.3, -0.25) is 9.59 Å². The number of benzene rings is 2. The molecule has 26 heavy (non-hydrogen) atoms. The Hall–Kier alpha value is -2.82. The van der Waals surface area contributed by atoms with Crippen LogP contribution in [0.2, 0.25) is 0 Å². The van der Waals surface area contributed by atoms with Crippen molar-refractivity contribution in [2.45, 2.75) is 39.5 Å². The lowest BCUT2D eigenvalue weighted by Gasteiger charge is -2.23. The molecule has 0 bridgehead atoms. The second-order valence-corrected chi connectivity index (χ2v) is 7.00. The van der Waals surface area contributed by atoms with Crippen molar-refractivity contribution in [2.75, 3.05) is 17.2 Å². The second-order valence-electron chi connectivity index (χ2n) is 7.00. The molecule has 2 rings (SSSR count). The highest BCUT2D eigenvalue weighted by atomic mass is 16.5. The van der Waals surface area contributed by atoms with E-state index in [2.05, 4.69) is 31.4 Å². The van der Waals surface area contributed by atoms with E-state index in [1.54, 1.807) is 18.2 Å². The molecule has 2 aromatic rings. The van der Waals surface area contributed by atoms with Crippen LogP contribution >= 0.6 is 0 Å². The maximum Gasteiger partial charge on any atom is 0.233 e. The summed E-state index contributed by atoms with van der Waals surface area (Å²) in [5.74, 6) is -0.155. The van der Waals surface area contributed by atoms with Crippen LogP contribution in [0.3, 0.4) is 0 Å². The van der Waals surface area contributed by atoms with Crippen molar-refractivity contribution < 1.29 is 14.3 Å². The summed E-state index contributed by atoms with van der Waals surface area (Å²) < 4.78 is 5.48. The molecule has 0 saturated heterocycles. The van der Waals surface area contributed by atoms with Gasteiger partial charge >= 0.3 is 0 Å². The van der Waals surface area contributed by atoms with E-state index in [0.29, 0.717) is 18.0 Å². The third-order valence-electron chi connectivity index (χ3n) is 3.79. The summed E-state index contributed by atoms with van der Waals surface area (Å²) in [5, 5.41) is 5.57. The van der Waals surface area contributed by atoms with Crippen LogP contribution in [0.4, 0.5) is 11.4 Å². The van der Waals surface area contributed by atoms with Crippen molar-refractivity contribution in [1.29, 1.82) is 0 Å². The minimum atomic E-state index is -0.386. The molecule has 0 saturated carbocycles. The first-order valence-electron chi connectivity index (χ1n) is 8.72. The van der Waals surface area contributed by atoms with Crippen molar-refractivity contribution in [3.05, 3.63) is 54.1 Å². The van der Waals surface area contributed by atoms with Gasteiger partial charge in [-0.05, 0) is 36.1 Å². The Morgan fingerprint density at radius 1 is 0.885 bits per heavy atom. The Kier molecular flexibility index (Phi) is 6.39. The van der Waals surface area contributed by atoms with E-state index in [1.165, 1.54) is 0 Å². The number of carbonyl (C=O) groups excluding carboxylic acids is 2. The molecule has 138 valence electrons. The minimum absolute atomic E-state index is 0.109. The van der Waals surface area contributed by atoms with Crippen molar-refractivity contribution in [2.24, 2.45) is 0 Å². The first-order chi connectivity index (χ1) is 12.3. The monoisotopic (exact) mass is 354 g/mol. The summed E-state index contributed by atoms with van der Waals surface area (Å²) in [6.45, 7) is 8.61. The maximum atomic E-state index is 12.3. The highest BCUT2D eigenvalue weighted by Crippen LogP contribution is 2.29. The first kappa shape index (κ1) is 19.5. The molecule has 2 amide bonds. The van der Waals surface area contributed by atoms with E-state index < -0.39 is 0 Å². The van der Waals surface area contributed by atoms with E-state index in [4.69, 9.17) is 4.74 Å². The Bertz CT molecular complexity index is 779. The molecule has 0 radical (unpaired) electrons. The van der Waals surface area contributed by atoms with Gasteiger partial charge in [0, 0.05) is 5.69 Å². The molecule has 0 heterocycles. The van der Waals surface area contributed by atoms with E-state index in [1.807, 2.05) is 37.3 Å². The fourth-order valence-electron chi connectivity index (χ4n) is 2.63. The van der Waals surface area contributed by atoms with Gasteiger partial charge in [0.2, 0.25) is 11.8 Å². The molecule has 0 fully saturated rings. The zero-order valence-electron chi connectivity index (χ0n) is 15.8. The van der Waals surface area contributed by atoms with E-state index >= 15 is 0 Å². The zero-order valence-corrected chi connectivity index (χ0v) is 15.8. The lowest BCUT2D eigenvalue weighted by molar-refractivity contribution is -0.123. The van der Waals surface area contributed by atoms with Crippen LogP contribution in [0.25, 0.3) is 0 Å². The molecule has 0 aliphatic heterocycles. The summed E-state index contributed by atoms with van der Waals surface area (Å²) >= 11 is 0. The normalized spacial score (nSPS) is 10.9. The fraction of sp³-hybridized carbons (Fsp3) is 0.333. The van der Waals surface area contributed by atoms with E-state index in [-0.39, 0.29) is 23.7 Å². The second kappa shape index (κ2) is 8.52. The highest BCUT2D eigenvalue weighted by molar-refractivity contribution is 6.08. The topological polar surface area (TPSA) is 67.4 Å². The van der Waals surface area contributed by atoms with Crippen LogP contribution in [0.1, 0.15) is 39.7 Å². The molecule has 0 unspecified atom stereocenters. The van der Waals surface area contributed by atoms with Gasteiger partial charge in [-0.25, -0.2) is 0 Å². The average molecular weight is 354 g/mol. The standard InChI is InChI=1S/C21H26N2O3/c1-5-26-18-13-9-8-12-17(18)23-20(25)14-19(24)22-16-11-7-6-10-15(16)21(2,3)4/h6-13H,5,14H2,1-4H3,(H,22,24)(H,23,25). The van der Waals surface area contributed by atoms with Gasteiger partial charge < -0.3 is 15.4 Å². The quantitative estimate of drug-likeness (QED) is 0.758.